The first-order valence-corrected chi connectivity index (χ1v) is 7.60. The van der Waals surface area contributed by atoms with Gasteiger partial charge in [0.2, 0.25) is 0 Å². The van der Waals surface area contributed by atoms with Crippen LogP contribution in [0.2, 0.25) is 0 Å². The highest BCUT2D eigenvalue weighted by atomic mass is 16.6. The lowest BCUT2D eigenvalue weighted by Crippen LogP contribution is -2.43. The van der Waals surface area contributed by atoms with Crippen LogP contribution in [0.25, 0.3) is 0 Å². The maximum Gasteiger partial charge on any atom is 0.410 e. The molecule has 1 heterocycles. The third-order valence-corrected chi connectivity index (χ3v) is 4.07. The molecule has 1 aliphatic heterocycles. The molecule has 0 bridgehead atoms. The molecule has 0 radical (unpaired) electrons. The molecule has 0 spiro atoms. The van der Waals surface area contributed by atoms with Gasteiger partial charge in [-0.1, -0.05) is 6.42 Å². The second kappa shape index (κ2) is 5.70. The molecule has 0 aromatic heterocycles. The summed E-state index contributed by atoms with van der Waals surface area (Å²) in [5.74, 6) is 1.14. The molecule has 1 saturated heterocycles. The largest absolute Gasteiger partial charge is 0.444 e. The third-order valence-electron chi connectivity index (χ3n) is 4.07. The zero-order valence-corrected chi connectivity index (χ0v) is 12.5. The Morgan fingerprint density at radius 1 is 1.21 bits per heavy atom. The minimum atomic E-state index is -0.419. The van der Waals surface area contributed by atoms with Gasteiger partial charge in [0, 0.05) is 19.1 Å². The van der Waals surface area contributed by atoms with E-state index in [1.54, 1.807) is 0 Å². The normalized spacial score (nSPS) is 26.7. The van der Waals surface area contributed by atoms with Gasteiger partial charge in [-0.25, -0.2) is 4.79 Å². The number of hydrogen-bond acceptors (Lipinski definition) is 3. The van der Waals surface area contributed by atoms with Crippen molar-refractivity contribution in [2.75, 3.05) is 13.1 Å². The van der Waals surface area contributed by atoms with Crippen LogP contribution in [0.3, 0.4) is 0 Å². The Balaban J connectivity index is 1.93. The molecule has 2 N–H and O–H groups in total. The Bertz CT molecular complexity index is 321. The average molecular weight is 268 g/mol. The van der Waals surface area contributed by atoms with Crippen LogP contribution < -0.4 is 5.73 Å². The van der Waals surface area contributed by atoms with Crippen LogP contribution in [-0.2, 0) is 4.74 Å². The Kier molecular flexibility index (Phi) is 4.39. The van der Waals surface area contributed by atoms with E-state index < -0.39 is 5.60 Å². The van der Waals surface area contributed by atoms with E-state index in [9.17, 15) is 4.79 Å². The molecule has 19 heavy (non-hydrogen) atoms. The van der Waals surface area contributed by atoms with Crippen LogP contribution in [0, 0.1) is 11.8 Å². The van der Waals surface area contributed by atoms with Gasteiger partial charge in [-0.05, 0) is 58.3 Å². The van der Waals surface area contributed by atoms with Crippen molar-refractivity contribution in [2.24, 2.45) is 17.6 Å². The predicted octanol–water partition coefficient (Wildman–Crippen LogP) is 2.76. The fourth-order valence-electron chi connectivity index (χ4n) is 2.85. The molecule has 1 saturated carbocycles. The van der Waals surface area contributed by atoms with E-state index in [1.807, 2.05) is 25.7 Å². The fourth-order valence-corrected chi connectivity index (χ4v) is 2.85. The molecule has 2 atom stereocenters. The average Bonchev–Trinajstić information content (AvgIpc) is 3.13. The summed E-state index contributed by atoms with van der Waals surface area (Å²) in [6.45, 7) is 7.32. The van der Waals surface area contributed by atoms with Gasteiger partial charge in [-0.3, -0.25) is 0 Å². The molecule has 2 fully saturated rings. The summed E-state index contributed by atoms with van der Waals surface area (Å²) in [6.07, 6.45) is 5.74. The molecule has 110 valence electrons. The number of amides is 1. The summed E-state index contributed by atoms with van der Waals surface area (Å²) in [6, 6.07) is 0.267. The van der Waals surface area contributed by atoms with Crippen molar-refractivity contribution in [1.29, 1.82) is 0 Å². The maximum absolute atomic E-state index is 12.2. The van der Waals surface area contributed by atoms with Crippen molar-refractivity contribution in [3.05, 3.63) is 0 Å². The number of likely N-dealkylation sites (tertiary alicyclic amines) is 1. The van der Waals surface area contributed by atoms with E-state index in [4.69, 9.17) is 10.5 Å². The molecular formula is C15H28N2O2. The molecule has 4 nitrogen and oxygen atoms in total. The Morgan fingerprint density at radius 2 is 1.89 bits per heavy atom. The Hall–Kier alpha value is -0.770. The first-order valence-electron chi connectivity index (χ1n) is 7.60. The number of nitrogens with zero attached hydrogens (tertiary/aromatic N) is 1. The van der Waals surface area contributed by atoms with Gasteiger partial charge in [-0.2, -0.15) is 0 Å². The highest BCUT2D eigenvalue weighted by Crippen LogP contribution is 2.37. The summed E-state index contributed by atoms with van der Waals surface area (Å²) >= 11 is 0. The van der Waals surface area contributed by atoms with Crippen LogP contribution in [0.15, 0.2) is 0 Å². The number of ether oxygens (including phenoxy) is 1. The van der Waals surface area contributed by atoms with Gasteiger partial charge in [0.15, 0.2) is 0 Å². The topological polar surface area (TPSA) is 55.6 Å². The number of nitrogens with two attached hydrogens (primary N) is 1. The Labute approximate surface area is 116 Å². The molecule has 2 unspecified atom stereocenters. The van der Waals surface area contributed by atoms with Crippen molar-refractivity contribution < 1.29 is 9.53 Å². The fraction of sp³-hybridized carbons (Fsp3) is 0.933. The molecule has 0 aromatic rings. The van der Waals surface area contributed by atoms with Crippen LogP contribution >= 0.6 is 0 Å². The van der Waals surface area contributed by atoms with Gasteiger partial charge in [-0.15, -0.1) is 0 Å². The zero-order chi connectivity index (χ0) is 14.0. The predicted molar refractivity (Wildman–Crippen MR) is 75.8 cm³/mol. The number of hydrogen-bond donors (Lipinski definition) is 1. The van der Waals surface area contributed by atoms with Crippen molar-refractivity contribution >= 4 is 6.09 Å². The molecule has 1 aliphatic carbocycles. The van der Waals surface area contributed by atoms with E-state index >= 15 is 0 Å². The third kappa shape index (κ3) is 4.37. The first kappa shape index (κ1) is 14.6. The lowest BCUT2D eigenvalue weighted by molar-refractivity contribution is 0.0226. The van der Waals surface area contributed by atoms with Crippen LogP contribution in [-0.4, -0.2) is 35.7 Å². The van der Waals surface area contributed by atoms with E-state index in [0.29, 0.717) is 11.8 Å². The maximum atomic E-state index is 12.2. The minimum Gasteiger partial charge on any atom is -0.444 e. The molecule has 0 aromatic carbocycles. The van der Waals surface area contributed by atoms with Crippen LogP contribution in [0.1, 0.15) is 52.9 Å². The standard InChI is InChI=1S/C15H28N2O2/c1-15(2,3)19-14(18)17-9-5-4-6-12(10-17)13(16)11-7-8-11/h11-13H,4-10,16H2,1-3H3. The van der Waals surface area contributed by atoms with Gasteiger partial charge < -0.3 is 15.4 Å². The summed E-state index contributed by atoms with van der Waals surface area (Å²) in [7, 11) is 0. The number of rotatable bonds is 2. The molecular weight excluding hydrogens is 240 g/mol. The van der Waals surface area contributed by atoms with Crippen LogP contribution in [0.4, 0.5) is 4.79 Å². The van der Waals surface area contributed by atoms with E-state index in [2.05, 4.69) is 0 Å². The van der Waals surface area contributed by atoms with Gasteiger partial charge >= 0.3 is 6.09 Å². The smallest absolute Gasteiger partial charge is 0.410 e. The van der Waals surface area contributed by atoms with Gasteiger partial charge in [0.05, 0.1) is 0 Å². The van der Waals surface area contributed by atoms with Gasteiger partial charge in [0.25, 0.3) is 0 Å². The monoisotopic (exact) mass is 268 g/mol. The zero-order valence-electron chi connectivity index (χ0n) is 12.5. The van der Waals surface area contributed by atoms with E-state index in [-0.39, 0.29) is 12.1 Å². The highest BCUT2D eigenvalue weighted by Gasteiger charge is 2.36. The Morgan fingerprint density at radius 3 is 2.47 bits per heavy atom. The first-order chi connectivity index (χ1) is 8.87. The quantitative estimate of drug-likeness (QED) is 0.838. The second-order valence-electron chi connectivity index (χ2n) is 7.10. The summed E-state index contributed by atoms with van der Waals surface area (Å²) < 4.78 is 5.48. The second-order valence-corrected chi connectivity index (χ2v) is 7.10. The van der Waals surface area contributed by atoms with Crippen molar-refractivity contribution in [1.82, 2.24) is 4.90 Å². The van der Waals surface area contributed by atoms with Crippen molar-refractivity contribution in [2.45, 2.75) is 64.5 Å². The highest BCUT2D eigenvalue weighted by molar-refractivity contribution is 5.68. The minimum absolute atomic E-state index is 0.178. The molecule has 4 heteroatoms. The summed E-state index contributed by atoms with van der Waals surface area (Å²) in [5, 5.41) is 0. The molecule has 1 amide bonds. The van der Waals surface area contributed by atoms with E-state index in [0.717, 1.165) is 25.9 Å². The van der Waals surface area contributed by atoms with E-state index in [1.165, 1.54) is 19.3 Å². The SMILES string of the molecule is CC(C)(C)OC(=O)N1CCCCC(C(N)C2CC2)C1. The lowest BCUT2D eigenvalue weighted by Gasteiger charge is -2.30. The van der Waals surface area contributed by atoms with Crippen molar-refractivity contribution in [3.63, 3.8) is 0 Å². The number of carbonyl (C=O) groups excluding carboxylic acids is 1. The summed E-state index contributed by atoms with van der Waals surface area (Å²) in [5.41, 5.74) is 5.91. The van der Waals surface area contributed by atoms with Gasteiger partial charge in [0.1, 0.15) is 5.60 Å². The summed E-state index contributed by atoms with van der Waals surface area (Å²) in [4.78, 5) is 14.0. The van der Waals surface area contributed by atoms with Crippen molar-refractivity contribution in [3.8, 4) is 0 Å². The van der Waals surface area contributed by atoms with Crippen LogP contribution in [0.5, 0.6) is 0 Å². The lowest BCUT2D eigenvalue weighted by atomic mass is 9.92. The molecule has 2 aliphatic rings. The number of carbonyl (C=O) groups is 1. The molecule has 2 rings (SSSR count).